The molecule has 0 aromatic carbocycles. The van der Waals surface area contributed by atoms with Gasteiger partial charge >= 0.3 is 0 Å². The van der Waals surface area contributed by atoms with Crippen molar-refractivity contribution < 1.29 is 19.7 Å². The molecule has 0 bridgehead atoms. The Bertz CT molecular complexity index is 833. The number of aliphatic hydroxyl groups is 2. The summed E-state index contributed by atoms with van der Waals surface area (Å²) in [6, 6.07) is 0. The van der Waals surface area contributed by atoms with E-state index in [2.05, 4.69) is 26.1 Å². The third-order valence-corrected chi connectivity index (χ3v) is 12.3. The van der Waals surface area contributed by atoms with Crippen molar-refractivity contribution in [3.8, 4) is 0 Å². The van der Waals surface area contributed by atoms with Gasteiger partial charge in [-0.15, -0.1) is 0 Å². The van der Waals surface area contributed by atoms with Crippen LogP contribution in [0.5, 0.6) is 0 Å². The number of carbonyl (C=O) groups is 1. The van der Waals surface area contributed by atoms with E-state index in [0.29, 0.717) is 41.0 Å². The molecule has 5 N–H and O–H groups in total. The van der Waals surface area contributed by atoms with Crippen molar-refractivity contribution in [2.24, 2.45) is 51.1 Å². The smallest absolute Gasteiger partial charge is 0.231 e. The molecule has 0 radical (unpaired) electrons. The molecule has 6 rings (SSSR count). The Labute approximate surface area is 198 Å². The van der Waals surface area contributed by atoms with Crippen molar-refractivity contribution in [1.82, 2.24) is 5.32 Å². The maximum absolute atomic E-state index is 11.8. The Morgan fingerprint density at radius 1 is 1.00 bits per heavy atom. The van der Waals surface area contributed by atoms with Crippen molar-refractivity contribution >= 4 is 5.91 Å². The monoisotopic (exact) mass is 460 g/mol. The summed E-state index contributed by atoms with van der Waals surface area (Å²) in [5.74, 6) is 1.62. The van der Waals surface area contributed by atoms with E-state index in [1.807, 2.05) is 0 Å². The highest BCUT2D eigenvalue weighted by Gasteiger charge is 2.81. The number of aliphatic hydroxyl groups excluding tert-OH is 2. The van der Waals surface area contributed by atoms with Crippen LogP contribution in [0.1, 0.15) is 78.6 Å². The van der Waals surface area contributed by atoms with Crippen molar-refractivity contribution in [2.45, 2.75) is 103 Å². The standard InChI is InChI=1S/C27H44N2O4/c1-24(2)18-7-6-16-21-22(32)23-17(5-4-15(33-23)12-29-13-20(28)31)25(21,3)10-11-26(16)14-27(18,26)9-8-19(24)30/h15-19,21-23,29-30,32H,4-14H2,1-3H3,(H2,28,31)/t15?,16?,17?,18?,19-,21?,22+,23?,25?,26-,27?/m0/s1. The molecule has 1 heterocycles. The fourth-order valence-corrected chi connectivity index (χ4v) is 10.9. The molecular formula is C27H44N2O4. The number of amides is 1. The first kappa shape index (κ1) is 22.8. The first-order chi connectivity index (χ1) is 15.6. The second-order valence-electron chi connectivity index (χ2n) is 13.6. The maximum Gasteiger partial charge on any atom is 0.231 e. The Kier molecular flexibility index (Phi) is 4.95. The van der Waals surface area contributed by atoms with E-state index in [1.165, 1.54) is 38.5 Å². The molecule has 186 valence electrons. The average Bonchev–Trinajstić information content (AvgIpc) is 3.38. The van der Waals surface area contributed by atoms with Gasteiger partial charge in [0.05, 0.1) is 31.0 Å². The number of primary amides is 1. The molecule has 1 saturated heterocycles. The number of fused-ring (bicyclic) bond motifs is 4. The van der Waals surface area contributed by atoms with Crippen LogP contribution in [0.15, 0.2) is 0 Å². The van der Waals surface area contributed by atoms with Crippen LogP contribution in [0, 0.1) is 45.3 Å². The molecule has 6 aliphatic rings. The molecule has 0 aromatic heterocycles. The maximum atomic E-state index is 11.8. The summed E-state index contributed by atoms with van der Waals surface area (Å²) in [6.07, 6.45) is 9.82. The third-order valence-electron chi connectivity index (χ3n) is 12.3. The molecule has 1 aliphatic heterocycles. The predicted octanol–water partition coefficient (Wildman–Crippen LogP) is 2.60. The van der Waals surface area contributed by atoms with Crippen molar-refractivity contribution in [3.63, 3.8) is 0 Å². The molecular weight excluding hydrogens is 416 g/mol. The highest BCUT2D eigenvalue weighted by atomic mass is 16.5. The molecule has 0 aromatic rings. The molecule has 5 saturated carbocycles. The van der Waals surface area contributed by atoms with Crippen LogP contribution in [-0.4, -0.2) is 53.6 Å². The van der Waals surface area contributed by atoms with Gasteiger partial charge in [0.1, 0.15) is 0 Å². The SMILES string of the molecule is CC12CC[C@@]34CC35CC[C@H](O)C(C)(C)C5CCC4C1[C@@H](O)C1OC(CNCC(N)=O)CCC12. The van der Waals surface area contributed by atoms with E-state index in [-0.39, 0.29) is 41.6 Å². The molecule has 33 heavy (non-hydrogen) atoms. The second-order valence-corrected chi connectivity index (χ2v) is 13.6. The fourth-order valence-electron chi connectivity index (χ4n) is 10.9. The number of nitrogens with one attached hydrogen (secondary N) is 1. The zero-order valence-electron chi connectivity index (χ0n) is 20.7. The summed E-state index contributed by atoms with van der Waals surface area (Å²) in [5, 5.41) is 25.7. The van der Waals surface area contributed by atoms with Gasteiger partial charge in [-0.3, -0.25) is 4.79 Å². The molecule has 6 heteroatoms. The second kappa shape index (κ2) is 7.18. The number of ether oxygens (including phenoxy) is 1. The normalized spacial score (nSPS) is 56.0. The van der Waals surface area contributed by atoms with Gasteiger partial charge in [-0.25, -0.2) is 0 Å². The minimum Gasteiger partial charge on any atom is -0.393 e. The van der Waals surface area contributed by atoms with Gasteiger partial charge in [0.25, 0.3) is 0 Å². The highest BCUT2D eigenvalue weighted by Crippen LogP contribution is 2.87. The third kappa shape index (κ3) is 2.84. The zero-order valence-corrected chi connectivity index (χ0v) is 20.7. The summed E-state index contributed by atoms with van der Waals surface area (Å²) < 4.78 is 6.54. The van der Waals surface area contributed by atoms with Gasteiger partial charge in [0.2, 0.25) is 5.91 Å². The Morgan fingerprint density at radius 2 is 1.76 bits per heavy atom. The molecule has 8 unspecified atom stereocenters. The minimum absolute atomic E-state index is 0.00396. The summed E-state index contributed by atoms with van der Waals surface area (Å²) >= 11 is 0. The first-order valence-corrected chi connectivity index (χ1v) is 13.6. The van der Waals surface area contributed by atoms with E-state index in [0.717, 1.165) is 19.3 Å². The number of hydrogen-bond donors (Lipinski definition) is 4. The summed E-state index contributed by atoms with van der Waals surface area (Å²) in [7, 11) is 0. The lowest BCUT2D eigenvalue weighted by Crippen LogP contribution is -2.55. The van der Waals surface area contributed by atoms with Crippen molar-refractivity contribution in [2.75, 3.05) is 13.1 Å². The zero-order chi connectivity index (χ0) is 23.4. The number of nitrogens with two attached hydrogens (primary N) is 1. The van der Waals surface area contributed by atoms with Crippen LogP contribution < -0.4 is 11.1 Å². The summed E-state index contributed by atoms with van der Waals surface area (Å²) in [5.41, 5.74) is 6.21. The molecule has 11 atom stereocenters. The van der Waals surface area contributed by atoms with Gasteiger partial charge in [-0.05, 0) is 103 Å². The lowest BCUT2D eigenvalue weighted by molar-refractivity contribution is -0.142. The number of hydrogen-bond acceptors (Lipinski definition) is 5. The highest BCUT2D eigenvalue weighted by molar-refractivity contribution is 5.75. The predicted molar refractivity (Wildman–Crippen MR) is 125 cm³/mol. The van der Waals surface area contributed by atoms with E-state index >= 15 is 0 Å². The van der Waals surface area contributed by atoms with E-state index < -0.39 is 6.10 Å². The van der Waals surface area contributed by atoms with Crippen molar-refractivity contribution in [1.29, 1.82) is 0 Å². The van der Waals surface area contributed by atoms with Crippen molar-refractivity contribution in [3.05, 3.63) is 0 Å². The number of rotatable bonds is 4. The van der Waals surface area contributed by atoms with Gasteiger partial charge in [0, 0.05) is 6.54 Å². The number of carbonyl (C=O) groups excluding carboxylic acids is 1. The quantitative estimate of drug-likeness (QED) is 0.516. The Morgan fingerprint density at radius 3 is 2.52 bits per heavy atom. The molecule has 5 aliphatic carbocycles. The van der Waals surface area contributed by atoms with Crippen LogP contribution in [0.3, 0.4) is 0 Å². The lowest BCUT2D eigenvalue weighted by Gasteiger charge is -2.59. The van der Waals surface area contributed by atoms with Crippen LogP contribution in [0.25, 0.3) is 0 Å². The summed E-state index contributed by atoms with van der Waals surface area (Å²) in [4.78, 5) is 11.1. The van der Waals surface area contributed by atoms with E-state index in [1.54, 1.807) is 0 Å². The first-order valence-electron chi connectivity index (χ1n) is 13.6. The van der Waals surface area contributed by atoms with E-state index in [4.69, 9.17) is 10.5 Å². The van der Waals surface area contributed by atoms with Gasteiger partial charge in [-0.2, -0.15) is 0 Å². The Balaban J connectivity index is 1.24. The average molecular weight is 461 g/mol. The van der Waals surface area contributed by atoms with Crippen LogP contribution in [-0.2, 0) is 9.53 Å². The Hall–Kier alpha value is -0.690. The minimum atomic E-state index is -0.391. The molecule has 6 nitrogen and oxygen atoms in total. The van der Waals surface area contributed by atoms with Crippen LogP contribution >= 0.6 is 0 Å². The van der Waals surface area contributed by atoms with E-state index in [9.17, 15) is 15.0 Å². The molecule has 6 fully saturated rings. The summed E-state index contributed by atoms with van der Waals surface area (Å²) in [6.45, 7) is 7.87. The van der Waals surface area contributed by atoms with Gasteiger partial charge < -0.3 is 26.0 Å². The van der Waals surface area contributed by atoms with Crippen LogP contribution in [0.2, 0.25) is 0 Å². The van der Waals surface area contributed by atoms with Crippen LogP contribution in [0.4, 0.5) is 0 Å². The van der Waals surface area contributed by atoms with Gasteiger partial charge in [-0.1, -0.05) is 20.8 Å². The van der Waals surface area contributed by atoms with Gasteiger partial charge in [0.15, 0.2) is 0 Å². The lowest BCUT2D eigenvalue weighted by atomic mass is 9.46. The fraction of sp³-hybridized carbons (Fsp3) is 0.963. The topological polar surface area (TPSA) is 105 Å². The molecule has 1 amide bonds. The largest absolute Gasteiger partial charge is 0.393 e. The molecule has 2 spiro atoms.